The van der Waals surface area contributed by atoms with Crippen molar-refractivity contribution in [3.05, 3.63) is 333 Å². The summed E-state index contributed by atoms with van der Waals surface area (Å²) in [7, 11) is 0. The average Bonchev–Trinajstić information content (AvgIpc) is 1.66. The van der Waals surface area contributed by atoms with Gasteiger partial charge in [0.2, 0.25) is 16.7 Å². The first kappa shape index (κ1) is 84.7. The second-order valence-electron chi connectivity index (χ2n) is 31.0. The first-order chi connectivity index (χ1) is 57.3. The van der Waals surface area contributed by atoms with Gasteiger partial charge in [-0.1, -0.05) is 209 Å². The molecule has 0 spiro atoms. The molecular weight excluding hydrogens is 1540 g/mol. The van der Waals surface area contributed by atoms with Gasteiger partial charge >= 0.3 is 0 Å². The highest BCUT2D eigenvalue weighted by Gasteiger charge is 2.38. The van der Waals surface area contributed by atoms with Crippen molar-refractivity contribution in [3.8, 4) is 0 Å². The standard InChI is InChI=1S/C32H33ClN4O3.C32H33FN4O3.C31H31ClN4O3/c2*1-20(2)28(36(17-7-16-34)31(38)23-12-10-21(3)11-13-23)30-35-27-25-15-14-24(33)18-26(25)40-29(27)32(39)37(30)19-22-8-5-4-6-9-22;1-19(2)27(35(16-15-33)30(37)22-11-9-20(3)10-12-22)29-34-26-24-14-13-23(32)17-25(24)39-28(26)31(38)36(29)18-21-7-5-4-6-8-21/h2*4-6,8-15,18,20,28H,7,16-17,19,34H2,1-3H3;4-14,17,19,27H,15-16,18,33H2,1-3H3. The minimum absolute atomic E-state index is 0.0566. The molecule has 21 nitrogen and oxygen atoms in total. The van der Waals surface area contributed by atoms with Crippen molar-refractivity contribution in [2.45, 2.75) is 113 Å². The van der Waals surface area contributed by atoms with Gasteiger partial charge in [0, 0.05) is 87.3 Å². The first-order valence-electron chi connectivity index (χ1n) is 40.1. The molecule has 0 saturated heterocycles. The molecule has 0 aliphatic rings. The highest BCUT2D eigenvalue weighted by atomic mass is 35.5. The Bertz CT molecular complexity index is 6070. The maximum atomic E-state index is 14.1. The van der Waals surface area contributed by atoms with E-state index in [0.29, 0.717) is 134 Å². The molecule has 0 aliphatic carbocycles. The summed E-state index contributed by atoms with van der Waals surface area (Å²) >= 11 is 12.4. The lowest BCUT2D eigenvalue weighted by Crippen LogP contribution is -2.43. The third-order valence-electron chi connectivity index (χ3n) is 21.2. The van der Waals surface area contributed by atoms with Crippen LogP contribution in [-0.4, -0.2) is 100 Å². The number of halogens is 3. The normalized spacial score (nSPS) is 12.4. The van der Waals surface area contributed by atoms with E-state index in [-0.39, 0.29) is 101 Å². The number of fused-ring (bicyclic) bond motifs is 9. The third kappa shape index (κ3) is 18.6. The van der Waals surface area contributed by atoms with E-state index in [1.165, 1.54) is 12.1 Å². The van der Waals surface area contributed by atoms with Crippen LogP contribution in [0.15, 0.2) is 246 Å². The van der Waals surface area contributed by atoms with Gasteiger partial charge in [-0.15, -0.1) is 0 Å². The van der Waals surface area contributed by atoms with Gasteiger partial charge in [-0.3, -0.25) is 42.5 Å². The van der Waals surface area contributed by atoms with Crippen LogP contribution in [0.5, 0.6) is 0 Å². The fourth-order valence-corrected chi connectivity index (χ4v) is 15.6. The van der Waals surface area contributed by atoms with Gasteiger partial charge in [-0.2, -0.15) is 0 Å². The number of benzene rings is 9. The van der Waals surface area contributed by atoms with Gasteiger partial charge in [-0.05, 0) is 154 Å². The Balaban J connectivity index is 0.000000155. The average molecular weight is 1640 g/mol. The molecule has 3 amide bonds. The molecule has 15 aromatic rings. The Labute approximate surface area is 698 Å². The van der Waals surface area contributed by atoms with E-state index in [0.717, 1.165) is 33.4 Å². The van der Waals surface area contributed by atoms with E-state index in [1.54, 1.807) is 59.9 Å². The lowest BCUT2D eigenvalue weighted by molar-refractivity contribution is 0.0596. The summed E-state index contributed by atoms with van der Waals surface area (Å²) in [5.41, 5.74) is 27.3. The monoisotopic (exact) mass is 1640 g/mol. The number of carbonyl (C=O) groups excluding carboxylic acids is 3. The minimum atomic E-state index is -0.549. The zero-order valence-electron chi connectivity index (χ0n) is 68.1. The summed E-state index contributed by atoms with van der Waals surface area (Å²) in [6.07, 6.45) is 1.19. The molecule has 0 radical (unpaired) electrons. The number of nitrogens with zero attached hydrogens (tertiary/aromatic N) is 9. The number of furan rings is 3. The number of carbonyl (C=O) groups is 3. The zero-order chi connectivity index (χ0) is 84.5. The number of hydrogen-bond donors (Lipinski definition) is 3. The van der Waals surface area contributed by atoms with E-state index in [9.17, 15) is 33.2 Å². The SMILES string of the molecule is Cc1ccc(C(=O)N(CCCN)C(c2nc3c(oc4cc(Cl)ccc43)c(=O)n2Cc2ccccc2)C(C)C)cc1.Cc1ccc(C(=O)N(CCCN)C(c2nc3c(oc4cc(F)ccc43)c(=O)n2Cc2ccccc2)C(C)C)cc1.Cc1ccc(C(=O)N(CCN)C(c2nc3c(oc4cc(Cl)ccc43)c(=O)n2Cc2ccccc2)C(C)C)cc1. The van der Waals surface area contributed by atoms with Crippen LogP contribution in [0.1, 0.15) is 154 Å². The van der Waals surface area contributed by atoms with Crippen LogP contribution in [0, 0.1) is 44.3 Å². The summed E-state index contributed by atoms with van der Waals surface area (Å²) in [4.78, 5) is 105. The Morgan fingerprint density at radius 3 is 0.958 bits per heavy atom. The molecule has 6 heterocycles. The molecule has 3 unspecified atom stereocenters. The number of nitrogens with two attached hydrogens (primary N) is 3. The quantitative estimate of drug-likeness (QED) is 0.0454. The molecular formula is C95H97Cl2FN12O9. The van der Waals surface area contributed by atoms with Crippen LogP contribution in [0.4, 0.5) is 4.39 Å². The van der Waals surface area contributed by atoms with E-state index in [4.69, 9.17) is 68.6 Å². The molecule has 612 valence electrons. The van der Waals surface area contributed by atoms with Crippen molar-refractivity contribution >= 4 is 107 Å². The lowest BCUT2D eigenvalue weighted by Gasteiger charge is -2.35. The summed E-state index contributed by atoms with van der Waals surface area (Å²) in [6.45, 7) is 21.1. The molecule has 119 heavy (non-hydrogen) atoms. The smallest absolute Gasteiger partial charge is 0.297 e. The van der Waals surface area contributed by atoms with Crippen LogP contribution >= 0.6 is 23.2 Å². The van der Waals surface area contributed by atoms with Gasteiger partial charge < -0.3 is 45.2 Å². The molecule has 9 aromatic carbocycles. The highest BCUT2D eigenvalue weighted by molar-refractivity contribution is 6.32. The van der Waals surface area contributed by atoms with Crippen LogP contribution in [0.2, 0.25) is 10.0 Å². The topological polar surface area (TPSA) is 283 Å². The van der Waals surface area contributed by atoms with Crippen molar-refractivity contribution in [3.63, 3.8) is 0 Å². The maximum Gasteiger partial charge on any atom is 0.297 e. The number of amides is 3. The highest BCUT2D eigenvalue weighted by Crippen LogP contribution is 2.38. The molecule has 0 fully saturated rings. The molecule has 0 saturated carbocycles. The number of rotatable bonds is 26. The maximum absolute atomic E-state index is 14.1. The van der Waals surface area contributed by atoms with Crippen molar-refractivity contribution in [1.82, 2.24) is 43.4 Å². The van der Waals surface area contributed by atoms with E-state index >= 15 is 0 Å². The summed E-state index contributed by atoms with van der Waals surface area (Å²) < 4.78 is 36.7. The van der Waals surface area contributed by atoms with E-state index < -0.39 is 23.9 Å². The van der Waals surface area contributed by atoms with Crippen molar-refractivity contribution in [2.24, 2.45) is 35.0 Å². The van der Waals surface area contributed by atoms with Crippen molar-refractivity contribution in [2.75, 3.05) is 39.3 Å². The third-order valence-corrected chi connectivity index (χ3v) is 21.7. The number of aromatic nitrogens is 6. The van der Waals surface area contributed by atoms with E-state index in [2.05, 4.69) is 0 Å². The van der Waals surface area contributed by atoms with Gasteiger partial charge in [0.15, 0.2) is 0 Å². The van der Waals surface area contributed by atoms with Crippen LogP contribution in [0.25, 0.3) is 66.2 Å². The number of hydrogen-bond acceptors (Lipinski definition) is 15. The van der Waals surface area contributed by atoms with Gasteiger partial charge in [0.1, 0.15) is 56.6 Å². The first-order valence-corrected chi connectivity index (χ1v) is 40.8. The molecule has 6 N–H and O–H groups in total. The molecule has 0 aliphatic heterocycles. The minimum Gasteiger partial charge on any atom is -0.448 e. The fraction of sp³-hybridized carbons (Fsp3) is 0.274. The number of aryl methyl sites for hydroxylation is 3. The lowest BCUT2D eigenvalue weighted by atomic mass is 9.98. The molecule has 24 heteroatoms. The van der Waals surface area contributed by atoms with E-state index in [1.807, 2.05) is 237 Å². The summed E-state index contributed by atoms with van der Waals surface area (Å²) in [5, 5.41) is 2.95. The predicted molar refractivity (Wildman–Crippen MR) is 470 cm³/mol. The summed E-state index contributed by atoms with van der Waals surface area (Å²) in [5.74, 6) is 0.274. The molecule has 15 rings (SSSR count). The Hall–Kier alpha value is -12.2. The predicted octanol–water partition coefficient (Wildman–Crippen LogP) is 18.1. The van der Waals surface area contributed by atoms with Gasteiger partial charge in [0.05, 0.1) is 37.8 Å². The zero-order valence-corrected chi connectivity index (χ0v) is 69.6. The van der Waals surface area contributed by atoms with Crippen molar-refractivity contribution in [1.29, 1.82) is 0 Å². The Morgan fingerprint density at radius 2 is 0.672 bits per heavy atom. The molecule has 6 aromatic heterocycles. The van der Waals surface area contributed by atoms with Gasteiger partial charge in [-0.25, -0.2) is 19.3 Å². The van der Waals surface area contributed by atoms with Crippen LogP contribution in [-0.2, 0) is 19.6 Å². The molecule has 0 bridgehead atoms. The molecule has 3 atom stereocenters. The van der Waals surface area contributed by atoms with Gasteiger partial charge in [0.25, 0.3) is 34.4 Å². The van der Waals surface area contributed by atoms with Crippen LogP contribution in [0.3, 0.4) is 0 Å². The second kappa shape index (κ2) is 37.6. The fourth-order valence-electron chi connectivity index (χ4n) is 15.3. The summed E-state index contributed by atoms with van der Waals surface area (Å²) in [6, 6.07) is 64.5. The largest absolute Gasteiger partial charge is 0.448 e. The Morgan fingerprint density at radius 1 is 0.387 bits per heavy atom. The van der Waals surface area contributed by atoms with Crippen LogP contribution < -0.4 is 33.9 Å². The Kier molecular flexibility index (Phi) is 26.8. The van der Waals surface area contributed by atoms with Crippen molar-refractivity contribution < 1.29 is 32.0 Å². The second-order valence-corrected chi connectivity index (χ2v) is 31.9.